The van der Waals surface area contributed by atoms with Crippen molar-refractivity contribution in [3.8, 4) is 11.1 Å². The highest BCUT2D eigenvalue weighted by Gasteiger charge is 2.18. The van der Waals surface area contributed by atoms with Crippen LogP contribution in [0.4, 0.5) is 15.8 Å². The second-order valence-corrected chi connectivity index (χ2v) is 7.27. The molecule has 1 fully saturated rings. The maximum Gasteiger partial charge on any atom is 0.276 e. The van der Waals surface area contributed by atoms with E-state index in [2.05, 4.69) is 36.4 Å². The second kappa shape index (κ2) is 7.55. The van der Waals surface area contributed by atoms with Gasteiger partial charge in [-0.3, -0.25) is 19.9 Å². The number of halogens is 1. The van der Waals surface area contributed by atoms with Crippen molar-refractivity contribution >= 4 is 28.2 Å². The van der Waals surface area contributed by atoms with E-state index >= 15 is 0 Å². The second-order valence-electron chi connectivity index (χ2n) is 7.27. The van der Waals surface area contributed by atoms with Gasteiger partial charge in [0.1, 0.15) is 5.82 Å². The van der Waals surface area contributed by atoms with Crippen LogP contribution in [-0.4, -0.2) is 39.2 Å². The molecule has 5 rings (SSSR count). The number of hydrogen-bond acceptors (Lipinski definition) is 5. The maximum atomic E-state index is 13.9. The fourth-order valence-electron chi connectivity index (χ4n) is 3.75. The van der Waals surface area contributed by atoms with E-state index < -0.39 is 11.7 Å². The largest absolute Gasteiger partial charge is 0.370 e. The van der Waals surface area contributed by atoms with Gasteiger partial charge in [-0.05, 0) is 42.7 Å². The molecule has 0 unspecified atom stereocenters. The van der Waals surface area contributed by atoms with Crippen molar-refractivity contribution in [3.05, 3.63) is 66.6 Å². The lowest BCUT2D eigenvalue weighted by Crippen LogP contribution is -2.17. The molecule has 1 aromatic carbocycles. The van der Waals surface area contributed by atoms with Crippen molar-refractivity contribution in [2.75, 3.05) is 23.3 Å². The van der Waals surface area contributed by atoms with Gasteiger partial charge in [-0.25, -0.2) is 4.39 Å². The highest BCUT2D eigenvalue weighted by molar-refractivity contribution is 6.11. The number of fused-ring (bicyclic) bond motifs is 1. The molecule has 0 spiro atoms. The van der Waals surface area contributed by atoms with E-state index in [1.807, 2.05) is 30.6 Å². The van der Waals surface area contributed by atoms with Crippen LogP contribution < -0.4 is 10.2 Å². The first-order chi connectivity index (χ1) is 14.7. The summed E-state index contributed by atoms with van der Waals surface area (Å²) in [5.74, 6) is -1.06. The summed E-state index contributed by atoms with van der Waals surface area (Å²) in [5.41, 5.74) is 3.92. The molecule has 1 aliphatic rings. The Hall–Kier alpha value is -3.81. The number of anilines is 2. The van der Waals surface area contributed by atoms with E-state index in [0.29, 0.717) is 5.39 Å². The summed E-state index contributed by atoms with van der Waals surface area (Å²) in [6, 6.07) is 9.05. The number of pyridine rings is 2. The third-order valence-corrected chi connectivity index (χ3v) is 5.32. The number of aromatic amines is 1. The Kier molecular flexibility index (Phi) is 4.59. The van der Waals surface area contributed by atoms with E-state index in [4.69, 9.17) is 0 Å². The van der Waals surface area contributed by atoms with Crippen LogP contribution in [0.15, 0.2) is 55.1 Å². The Morgan fingerprint density at radius 2 is 1.90 bits per heavy atom. The standard InChI is InChI=1S/C22H19FN6O/c23-18-5-6-24-13-20(18)26-22(30)21-17-10-14(3-4-19(17)27-28-21)15-9-16(12-25-11-15)29-7-1-2-8-29/h3-6,9-13H,1-2,7-8H2,(H,26,30)(H,27,28). The van der Waals surface area contributed by atoms with Crippen LogP contribution in [0.25, 0.3) is 22.0 Å². The number of amides is 1. The van der Waals surface area contributed by atoms with Crippen LogP contribution in [0.1, 0.15) is 23.3 Å². The van der Waals surface area contributed by atoms with E-state index in [9.17, 15) is 9.18 Å². The van der Waals surface area contributed by atoms with Gasteiger partial charge in [0.05, 0.1) is 29.3 Å². The van der Waals surface area contributed by atoms with Crippen molar-refractivity contribution in [3.63, 3.8) is 0 Å². The molecule has 1 aliphatic heterocycles. The summed E-state index contributed by atoms with van der Waals surface area (Å²) in [7, 11) is 0. The number of hydrogen-bond donors (Lipinski definition) is 2. The van der Waals surface area contributed by atoms with Crippen LogP contribution in [-0.2, 0) is 0 Å². The molecule has 8 heteroatoms. The van der Waals surface area contributed by atoms with Gasteiger partial charge >= 0.3 is 0 Å². The monoisotopic (exact) mass is 402 g/mol. The van der Waals surface area contributed by atoms with Crippen LogP contribution >= 0.6 is 0 Å². The Labute approximate surface area is 172 Å². The lowest BCUT2D eigenvalue weighted by atomic mass is 10.0. The van der Waals surface area contributed by atoms with E-state index in [0.717, 1.165) is 35.4 Å². The van der Waals surface area contributed by atoms with Crippen molar-refractivity contribution in [2.45, 2.75) is 12.8 Å². The Bertz CT molecular complexity index is 1230. The third-order valence-electron chi connectivity index (χ3n) is 5.32. The zero-order valence-corrected chi connectivity index (χ0v) is 16.1. The molecule has 4 aromatic rings. The topological polar surface area (TPSA) is 86.8 Å². The van der Waals surface area contributed by atoms with Gasteiger partial charge in [-0.1, -0.05) is 6.07 Å². The van der Waals surface area contributed by atoms with Gasteiger partial charge < -0.3 is 10.2 Å². The molecule has 1 saturated heterocycles. The summed E-state index contributed by atoms with van der Waals surface area (Å²) in [5, 5.41) is 10.2. The van der Waals surface area contributed by atoms with Gasteiger partial charge in [0, 0.05) is 36.4 Å². The van der Waals surface area contributed by atoms with Crippen molar-refractivity contribution < 1.29 is 9.18 Å². The number of H-pyrrole nitrogens is 1. The number of nitrogens with zero attached hydrogens (tertiary/aromatic N) is 4. The summed E-state index contributed by atoms with van der Waals surface area (Å²) in [4.78, 5) is 23.3. The van der Waals surface area contributed by atoms with E-state index in [1.165, 1.54) is 31.3 Å². The molecule has 3 aromatic heterocycles. The fraction of sp³-hybridized carbons (Fsp3) is 0.182. The average molecular weight is 402 g/mol. The van der Waals surface area contributed by atoms with Crippen LogP contribution in [0, 0.1) is 5.82 Å². The maximum absolute atomic E-state index is 13.9. The molecule has 4 heterocycles. The number of aromatic nitrogens is 4. The number of carbonyl (C=O) groups excluding carboxylic acids is 1. The minimum Gasteiger partial charge on any atom is -0.370 e. The van der Waals surface area contributed by atoms with Crippen molar-refractivity contribution in [1.82, 2.24) is 20.2 Å². The summed E-state index contributed by atoms with van der Waals surface area (Å²) >= 11 is 0. The SMILES string of the molecule is O=C(Nc1cnccc1F)c1n[nH]c2ccc(-c3cncc(N4CCCC4)c3)cc12. The first kappa shape index (κ1) is 18.2. The minimum atomic E-state index is -0.552. The molecular weight excluding hydrogens is 383 g/mol. The zero-order chi connectivity index (χ0) is 20.5. The first-order valence-corrected chi connectivity index (χ1v) is 9.78. The number of carbonyl (C=O) groups is 1. The Morgan fingerprint density at radius 3 is 2.73 bits per heavy atom. The van der Waals surface area contributed by atoms with E-state index in [-0.39, 0.29) is 11.4 Å². The van der Waals surface area contributed by atoms with Gasteiger partial charge in [-0.2, -0.15) is 5.10 Å². The molecule has 7 nitrogen and oxygen atoms in total. The molecule has 150 valence electrons. The number of rotatable bonds is 4. The van der Waals surface area contributed by atoms with Crippen LogP contribution in [0.5, 0.6) is 0 Å². The molecule has 0 atom stereocenters. The van der Waals surface area contributed by atoms with Crippen molar-refractivity contribution in [1.29, 1.82) is 0 Å². The quantitative estimate of drug-likeness (QED) is 0.539. The zero-order valence-electron chi connectivity index (χ0n) is 16.1. The minimum absolute atomic E-state index is 0.0114. The molecule has 0 bridgehead atoms. The number of nitrogens with one attached hydrogen (secondary N) is 2. The van der Waals surface area contributed by atoms with Crippen molar-refractivity contribution in [2.24, 2.45) is 0 Å². The van der Waals surface area contributed by atoms with Crippen LogP contribution in [0.2, 0.25) is 0 Å². The lowest BCUT2D eigenvalue weighted by molar-refractivity contribution is 0.102. The Morgan fingerprint density at radius 1 is 1.03 bits per heavy atom. The smallest absolute Gasteiger partial charge is 0.276 e. The first-order valence-electron chi connectivity index (χ1n) is 9.78. The molecular formula is C22H19FN6O. The molecule has 30 heavy (non-hydrogen) atoms. The normalized spacial score (nSPS) is 13.7. The average Bonchev–Trinajstić information content (AvgIpc) is 3.45. The summed E-state index contributed by atoms with van der Waals surface area (Å²) in [6.45, 7) is 2.09. The van der Waals surface area contributed by atoms with Gasteiger partial charge in [0.2, 0.25) is 0 Å². The molecule has 2 N–H and O–H groups in total. The third kappa shape index (κ3) is 3.36. The molecule has 1 amide bonds. The number of benzene rings is 1. The fourth-order valence-corrected chi connectivity index (χ4v) is 3.75. The lowest BCUT2D eigenvalue weighted by Gasteiger charge is -2.17. The molecule has 0 saturated carbocycles. The Balaban J connectivity index is 1.48. The highest BCUT2D eigenvalue weighted by Crippen LogP contribution is 2.29. The van der Waals surface area contributed by atoms with Gasteiger partial charge in [0.25, 0.3) is 5.91 Å². The predicted molar refractivity (Wildman–Crippen MR) is 113 cm³/mol. The summed E-state index contributed by atoms with van der Waals surface area (Å²) in [6.07, 6.45) is 8.68. The van der Waals surface area contributed by atoms with Gasteiger partial charge in [0.15, 0.2) is 5.69 Å². The molecule has 0 aliphatic carbocycles. The highest BCUT2D eigenvalue weighted by atomic mass is 19.1. The summed E-state index contributed by atoms with van der Waals surface area (Å²) < 4.78 is 13.9. The van der Waals surface area contributed by atoms with Crippen LogP contribution in [0.3, 0.4) is 0 Å². The van der Waals surface area contributed by atoms with E-state index in [1.54, 1.807) is 0 Å². The molecule has 0 radical (unpaired) electrons. The predicted octanol–water partition coefficient (Wildman–Crippen LogP) is 4.01. The van der Waals surface area contributed by atoms with Gasteiger partial charge in [-0.15, -0.1) is 0 Å².